The maximum Gasteiger partial charge on any atom is 0.264 e. The molecule has 2 amide bonds. The van der Waals surface area contributed by atoms with Gasteiger partial charge in [0.05, 0.1) is 17.7 Å². The molecule has 230 valence electrons. The number of nitrogens with zero attached hydrogens (tertiary/aromatic N) is 2. The normalized spacial score (nSPS) is 14.5. The number of carbonyl (C=O) groups excluding carboxylic acids is 2. The quantitative estimate of drug-likeness (QED) is 0.283. The van der Waals surface area contributed by atoms with Crippen LogP contribution in [-0.2, 0) is 26.2 Å². The van der Waals surface area contributed by atoms with E-state index >= 15 is 0 Å². The van der Waals surface area contributed by atoms with E-state index in [1.54, 1.807) is 31.4 Å². The second-order valence-corrected chi connectivity index (χ2v) is 13.1. The van der Waals surface area contributed by atoms with E-state index in [0.717, 1.165) is 48.8 Å². The monoisotopic (exact) mass is 605 g/mol. The smallest absolute Gasteiger partial charge is 0.264 e. The number of methoxy groups -OCH3 is 1. The van der Waals surface area contributed by atoms with Gasteiger partial charge in [-0.3, -0.25) is 13.9 Å². The van der Waals surface area contributed by atoms with Crippen LogP contribution in [0.2, 0.25) is 0 Å². The predicted molar refractivity (Wildman–Crippen MR) is 170 cm³/mol. The summed E-state index contributed by atoms with van der Waals surface area (Å²) < 4.78 is 34.8. The molecule has 1 atom stereocenters. The third kappa shape index (κ3) is 7.96. The Balaban J connectivity index is 1.74. The molecule has 0 aliphatic heterocycles. The van der Waals surface area contributed by atoms with E-state index < -0.39 is 28.5 Å². The minimum Gasteiger partial charge on any atom is -0.497 e. The number of sulfonamides is 1. The fourth-order valence-electron chi connectivity index (χ4n) is 5.65. The molecule has 9 heteroatoms. The summed E-state index contributed by atoms with van der Waals surface area (Å²) in [4.78, 5) is 29.7. The summed E-state index contributed by atoms with van der Waals surface area (Å²) in [6, 6.07) is 20.3. The van der Waals surface area contributed by atoms with E-state index in [-0.39, 0.29) is 23.4 Å². The van der Waals surface area contributed by atoms with Crippen LogP contribution in [0.3, 0.4) is 0 Å². The molecule has 0 spiro atoms. The Bertz CT molecular complexity index is 1500. The van der Waals surface area contributed by atoms with E-state index in [0.29, 0.717) is 17.9 Å². The van der Waals surface area contributed by atoms with Crippen LogP contribution >= 0.6 is 0 Å². The maximum atomic E-state index is 14.4. The highest BCUT2D eigenvalue weighted by Gasteiger charge is 2.35. The van der Waals surface area contributed by atoms with Gasteiger partial charge in [-0.15, -0.1) is 0 Å². The molecule has 3 aromatic carbocycles. The second-order valence-electron chi connectivity index (χ2n) is 11.3. The topological polar surface area (TPSA) is 96.0 Å². The highest BCUT2D eigenvalue weighted by Crippen LogP contribution is 2.29. The Morgan fingerprint density at radius 2 is 1.67 bits per heavy atom. The van der Waals surface area contributed by atoms with Crippen molar-refractivity contribution in [2.45, 2.75) is 82.8 Å². The average molecular weight is 606 g/mol. The number of nitrogens with one attached hydrogen (secondary N) is 1. The molecule has 43 heavy (non-hydrogen) atoms. The highest BCUT2D eigenvalue weighted by molar-refractivity contribution is 7.92. The van der Waals surface area contributed by atoms with Gasteiger partial charge in [-0.1, -0.05) is 68.7 Å². The molecule has 0 heterocycles. The summed E-state index contributed by atoms with van der Waals surface area (Å²) >= 11 is 0. The lowest BCUT2D eigenvalue weighted by Crippen LogP contribution is -2.54. The third-order valence-electron chi connectivity index (χ3n) is 8.07. The van der Waals surface area contributed by atoms with Crippen molar-refractivity contribution in [3.05, 3.63) is 89.5 Å². The summed E-state index contributed by atoms with van der Waals surface area (Å²) in [5.41, 5.74) is 2.80. The van der Waals surface area contributed by atoms with Gasteiger partial charge in [0, 0.05) is 12.6 Å². The molecule has 3 aromatic rings. The van der Waals surface area contributed by atoms with E-state index in [9.17, 15) is 18.0 Å². The molecule has 4 rings (SSSR count). The standard InChI is InChI=1S/C34H43N3O5S/c1-5-31(34(39)35-28-14-8-6-9-15-28)36(23-27-13-12-16-29(22-27)42-4)33(38)24-37(32-21-25(2)19-20-26(32)3)43(40,41)30-17-10-7-11-18-30/h7,10-13,16-22,28,31H,5-6,8-9,14-15,23-24H2,1-4H3,(H,35,39). The van der Waals surface area contributed by atoms with Crippen molar-refractivity contribution in [2.24, 2.45) is 0 Å². The van der Waals surface area contributed by atoms with Gasteiger partial charge >= 0.3 is 0 Å². The summed E-state index contributed by atoms with van der Waals surface area (Å²) in [5, 5.41) is 3.18. The van der Waals surface area contributed by atoms with Crippen molar-refractivity contribution in [2.75, 3.05) is 18.0 Å². The number of amides is 2. The van der Waals surface area contributed by atoms with Crippen molar-refractivity contribution in [3.8, 4) is 5.75 Å². The van der Waals surface area contributed by atoms with Crippen LogP contribution in [0.15, 0.2) is 77.7 Å². The fourth-order valence-corrected chi connectivity index (χ4v) is 7.14. The largest absolute Gasteiger partial charge is 0.497 e. The van der Waals surface area contributed by atoms with E-state index in [4.69, 9.17) is 4.74 Å². The van der Waals surface area contributed by atoms with Crippen LogP contribution in [0.1, 0.15) is 62.1 Å². The Hall–Kier alpha value is -3.85. The maximum absolute atomic E-state index is 14.4. The van der Waals surface area contributed by atoms with E-state index in [1.165, 1.54) is 21.3 Å². The number of hydrogen-bond acceptors (Lipinski definition) is 5. The Kier molecular flexibility index (Phi) is 10.9. The van der Waals surface area contributed by atoms with Crippen LogP contribution in [0.4, 0.5) is 5.69 Å². The number of carbonyl (C=O) groups is 2. The van der Waals surface area contributed by atoms with Gasteiger partial charge in [-0.05, 0) is 80.1 Å². The van der Waals surface area contributed by atoms with Gasteiger partial charge in [0.15, 0.2) is 0 Å². The number of ether oxygens (including phenoxy) is 1. The van der Waals surface area contributed by atoms with Gasteiger partial charge in [0.2, 0.25) is 11.8 Å². The van der Waals surface area contributed by atoms with Crippen molar-refractivity contribution in [1.82, 2.24) is 10.2 Å². The molecule has 0 bridgehead atoms. The number of anilines is 1. The lowest BCUT2D eigenvalue weighted by atomic mass is 9.95. The summed E-state index contributed by atoms with van der Waals surface area (Å²) in [5.74, 6) is -0.0444. The van der Waals surface area contributed by atoms with Crippen molar-refractivity contribution < 1.29 is 22.7 Å². The first-order valence-corrected chi connectivity index (χ1v) is 16.5. The zero-order valence-electron chi connectivity index (χ0n) is 25.6. The minimum atomic E-state index is -4.12. The molecule has 0 saturated heterocycles. The van der Waals surface area contributed by atoms with E-state index in [1.807, 2.05) is 57.2 Å². The van der Waals surface area contributed by atoms with Crippen LogP contribution in [0.25, 0.3) is 0 Å². The van der Waals surface area contributed by atoms with Gasteiger partial charge in [-0.25, -0.2) is 8.42 Å². The molecule has 1 aliphatic carbocycles. The predicted octanol–water partition coefficient (Wildman–Crippen LogP) is 5.76. The molecule has 1 N–H and O–H groups in total. The summed E-state index contributed by atoms with van der Waals surface area (Å²) in [6.07, 6.45) is 5.51. The summed E-state index contributed by atoms with van der Waals surface area (Å²) in [6.45, 7) is 5.25. The van der Waals surface area contributed by atoms with Gasteiger partial charge < -0.3 is 15.0 Å². The Morgan fingerprint density at radius 3 is 2.35 bits per heavy atom. The number of aryl methyl sites for hydroxylation is 2. The minimum absolute atomic E-state index is 0.0778. The molecule has 8 nitrogen and oxygen atoms in total. The Labute approximate surface area is 256 Å². The van der Waals surface area contributed by atoms with Crippen LogP contribution < -0.4 is 14.4 Å². The Morgan fingerprint density at radius 1 is 0.953 bits per heavy atom. The van der Waals surface area contributed by atoms with Gasteiger partial charge in [-0.2, -0.15) is 0 Å². The van der Waals surface area contributed by atoms with Gasteiger partial charge in [0.1, 0.15) is 18.3 Å². The van der Waals surface area contributed by atoms with Gasteiger partial charge in [0.25, 0.3) is 10.0 Å². The SMILES string of the molecule is CCC(C(=O)NC1CCCCC1)N(Cc1cccc(OC)c1)C(=O)CN(c1cc(C)ccc1C)S(=O)(=O)c1ccccc1. The van der Waals surface area contributed by atoms with Crippen molar-refractivity contribution in [1.29, 1.82) is 0 Å². The zero-order chi connectivity index (χ0) is 31.0. The molecule has 1 aliphatic rings. The lowest BCUT2D eigenvalue weighted by Gasteiger charge is -2.35. The lowest BCUT2D eigenvalue weighted by molar-refractivity contribution is -0.140. The van der Waals surface area contributed by atoms with E-state index in [2.05, 4.69) is 5.32 Å². The average Bonchev–Trinajstić information content (AvgIpc) is 3.02. The first-order valence-electron chi connectivity index (χ1n) is 15.0. The van der Waals surface area contributed by atoms with Crippen LogP contribution in [0.5, 0.6) is 5.75 Å². The number of benzene rings is 3. The number of rotatable bonds is 12. The highest BCUT2D eigenvalue weighted by atomic mass is 32.2. The van der Waals surface area contributed by atoms with Crippen LogP contribution in [-0.4, -0.2) is 50.9 Å². The first kappa shape index (κ1) is 32.1. The summed E-state index contributed by atoms with van der Waals surface area (Å²) in [7, 11) is -2.54. The zero-order valence-corrected chi connectivity index (χ0v) is 26.4. The van der Waals surface area contributed by atoms with Crippen molar-refractivity contribution >= 4 is 27.5 Å². The molecule has 0 aromatic heterocycles. The molecule has 1 unspecified atom stereocenters. The van der Waals surface area contributed by atoms with Crippen LogP contribution in [0, 0.1) is 13.8 Å². The fraction of sp³-hybridized carbons (Fsp3) is 0.412. The molecular formula is C34H43N3O5S. The molecule has 1 saturated carbocycles. The first-order chi connectivity index (χ1) is 20.6. The molecule has 1 fully saturated rings. The second kappa shape index (κ2) is 14.6. The van der Waals surface area contributed by atoms with Crippen molar-refractivity contribution in [3.63, 3.8) is 0 Å². The molecular weight excluding hydrogens is 562 g/mol. The number of hydrogen-bond donors (Lipinski definition) is 1. The third-order valence-corrected chi connectivity index (χ3v) is 9.84. The molecule has 0 radical (unpaired) electrons.